The van der Waals surface area contributed by atoms with Gasteiger partial charge in [0, 0.05) is 18.7 Å². The van der Waals surface area contributed by atoms with E-state index in [1.165, 1.54) is 12.5 Å². The molecule has 0 aliphatic carbocycles. The SMILES string of the molecule is Cc1nc(N2CCCCC2)c2[nH]c(-c3cc(F)ccc3F)cc2n1.Cl.O. The maximum absolute atomic E-state index is 14.1. The lowest BCUT2D eigenvalue weighted by Gasteiger charge is -2.28. The van der Waals surface area contributed by atoms with Gasteiger partial charge in [0.1, 0.15) is 23.0 Å². The molecule has 1 saturated heterocycles. The average molecular weight is 383 g/mol. The van der Waals surface area contributed by atoms with Crippen LogP contribution in [0, 0.1) is 18.6 Å². The van der Waals surface area contributed by atoms with Crippen molar-refractivity contribution in [3.05, 3.63) is 41.7 Å². The molecule has 0 amide bonds. The van der Waals surface area contributed by atoms with Gasteiger partial charge in [0.2, 0.25) is 0 Å². The Bertz CT molecular complexity index is 910. The van der Waals surface area contributed by atoms with Crippen molar-refractivity contribution in [2.45, 2.75) is 26.2 Å². The van der Waals surface area contributed by atoms with Crippen molar-refractivity contribution < 1.29 is 14.3 Å². The van der Waals surface area contributed by atoms with Gasteiger partial charge >= 0.3 is 0 Å². The van der Waals surface area contributed by atoms with Crippen LogP contribution in [0.25, 0.3) is 22.3 Å². The highest BCUT2D eigenvalue weighted by molar-refractivity contribution is 5.91. The maximum atomic E-state index is 14.1. The quantitative estimate of drug-likeness (QED) is 0.732. The monoisotopic (exact) mass is 382 g/mol. The minimum atomic E-state index is -0.469. The van der Waals surface area contributed by atoms with Gasteiger partial charge in [-0.25, -0.2) is 18.7 Å². The van der Waals surface area contributed by atoms with E-state index in [2.05, 4.69) is 19.9 Å². The second-order valence-electron chi connectivity index (χ2n) is 6.21. The number of halogens is 3. The molecule has 1 aliphatic rings. The van der Waals surface area contributed by atoms with Crippen LogP contribution in [-0.4, -0.2) is 33.5 Å². The van der Waals surface area contributed by atoms with Crippen molar-refractivity contribution in [3.8, 4) is 11.3 Å². The number of fused-ring (bicyclic) bond motifs is 1. The van der Waals surface area contributed by atoms with Gasteiger partial charge in [-0.1, -0.05) is 0 Å². The molecule has 3 aromatic rings. The number of aromatic amines is 1. The van der Waals surface area contributed by atoms with E-state index in [0.29, 0.717) is 11.5 Å². The van der Waals surface area contributed by atoms with E-state index in [1.54, 1.807) is 6.07 Å². The molecule has 0 unspecified atom stereocenters. The highest BCUT2D eigenvalue weighted by Crippen LogP contribution is 2.31. The summed E-state index contributed by atoms with van der Waals surface area (Å²) >= 11 is 0. The summed E-state index contributed by atoms with van der Waals surface area (Å²) in [4.78, 5) is 14.5. The smallest absolute Gasteiger partial charge is 0.156 e. The Balaban J connectivity index is 0.00000121. The number of piperidine rings is 1. The largest absolute Gasteiger partial charge is 0.412 e. The molecule has 5 nitrogen and oxygen atoms in total. The maximum Gasteiger partial charge on any atom is 0.156 e. The summed E-state index contributed by atoms with van der Waals surface area (Å²) in [6.45, 7) is 3.75. The van der Waals surface area contributed by atoms with Crippen molar-refractivity contribution in [1.82, 2.24) is 15.0 Å². The molecule has 140 valence electrons. The third kappa shape index (κ3) is 3.64. The van der Waals surface area contributed by atoms with E-state index in [9.17, 15) is 8.78 Å². The van der Waals surface area contributed by atoms with Gasteiger partial charge in [0.25, 0.3) is 0 Å². The molecule has 0 spiro atoms. The molecule has 3 N–H and O–H groups in total. The van der Waals surface area contributed by atoms with Gasteiger partial charge in [-0.15, -0.1) is 12.4 Å². The normalized spacial score (nSPS) is 14.0. The van der Waals surface area contributed by atoms with E-state index >= 15 is 0 Å². The van der Waals surface area contributed by atoms with Crippen LogP contribution in [0.2, 0.25) is 0 Å². The van der Waals surface area contributed by atoms with E-state index in [0.717, 1.165) is 54.9 Å². The predicted molar refractivity (Wildman–Crippen MR) is 101 cm³/mol. The number of nitrogens with zero attached hydrogens (tertiary/aromatic N) is 3. The zero-order valence-corrected chi connectivity index (χ0v) is 15.2. The van der Waals surface area contributed by atoms with Crippen LogP contribution in [0.4, 0.5) is 14.6 Å². The van der Waals surface area contributed by atoms with Gasteiger partial charge in [-0.3, -0.25) is 0 Å². The van der Waals surface area contributed by atoms with Crippen LogP contribution in [0.3, 0.4) is 0 Å². The second kappa shape index (κ2) is 7.97. The summed E-state index contributed by atoms with van der Waals surface area (Å²) in [6.07, 6.45) is 3.50. The summed E-state index contributed by atoms with van der Waals surface area (Å²) in [5.41, 5.74) is 2.22. The lowest BCUT2D eigenvalue weighted by molar-refractivity contribution is 0.574. The fourth-order valence-corrected chi connectivity index (χ4v) is 3.29. The zero-order valence-electron chi connectivity index (χ0n) is 14.4. The highest BCUT2D eigenvalue weighted by atomic mass is 35.5. The number of hydrogen-bond donors (Lipinski definition) is 1. The first-order valence-corrected chi connectivity index (χ1v) is 8.19. The standard InChI is InChI=1S/C18H18F2N4.ClH.H2O/c1-11-21-16-10-15(13-9-12(19)5-6-14(13)20)23-17(16)18(22-11)24-7-3-2-4-8-24;;/h5-6,9-10,23H,2-4,7-8H2,1H3;1H;1H2. The number of H-pyrrole nitrogens is 1. The molecule has 3 heterocycles. The Kier molecular flexibility index (Phi) is 6.15. The van der Waals surface area contributed by atoms with Crippen LogP contribution in [-0.2, 0) is 0 Å². The van der Waals surface area contributed by atoms with Crippen LogP contribution >= 0.6 is 12.4 Å². The number of nitrogens with one attached hydrogen (secondary N) is 1. The zero-order chi connectivity index (χ0) is 16.7. The Morgan fingerprint density at radius 2 is 1.77 bits per heavy atom. The Morgan fingerprint density at radius 3 is 2.50 bits per heavy atom. The van der Waals surface area contributed by atoms with Crippen molar-refractivity contribution in [1.29, 1.82) is 0 Å². The van der Waals surface area contributed by atoms with E-state index in [1.807, 2.05) is 6.92 Å². The molecule has 4 rings (SSSR count). The van der Waals surface area contributed by atoms with Gasteiger partial charge in [-0.2, -0.15) is 0 Å². The molecular formula is C18H21ClF2N4O. The van der Waals surface area contributed by atoms with Crippen molar-refractivity contribution >= 4 is 29.3 Å². The van der Waals surface area contributed by atoms with Crippen LogP contribution in [0.1, 0.15) is 25.1 Å². The van der Waals surface area contributed by atoms with Gasteiger partial charge in [-0.05, 0) is 50.5 Å². The second-order valence-corrected chi connectivity index (χ2v) is 6.21. The Labute approximate surface area is 156 Å². The summed E-state index contributed by atoms with van der Waals surface area (Å²) in [7, 11) is 0. The number of aromatic nitrogens is 3. The van der Waals surface area contributed by atoms with E-state index in [4.69, 9.17) is 0 Å². The third-order valence-electron chi connectivity index (χ3n) is 4.44. The Hall–Kier alpha value is -2.25. The van der Waals surface area contributed by atoms with E-state index in [-0.39, 0.29) is 23.4 Å². The van der Waals surface area contributed by atoms with Gasteiger partial charge < -0.3 is 15.4 Å². The molecule has 8 heteroatoms. The molecule has 0 bridgehead atoms. The number of hydrogen-bond acceptors (Lipinski definition) is 3. The molecule has 1 fully saturated rings. The van der Waals surface area contributed by atoms with Crippen LogP contribution < -0.4 is 4.90 Å². The fraction of sp³-hybridized carbons (Fsp3) is 0.333. The first-order chi connectivity index (χ1) is 11.6. The fourth-order valence-electron chi connectivity index (χ4n) is 3.29. The molecule has 0 atom stereocenters. The molecule has 0 radical (unpaired) electrons. The topological polar surface area (TPSA) is 76.3 Å². The number of rotatable bonds is 2. The molecule has 1 aliphatic heterocycles. The molecule has 0 saturated carbocycles. The minimum Gasteiger partial charge on any atom is -0.412 e. The predicted octanol–water partition coefficient (Wildman–Crippen LogP) is 3.80. The van der Waals surface area contributed by atoms with Crippen LogP contribution in [0.5, 0.6) is 0 Å². The molecular weight excluding hydrogens is 362 g/mol. The minimum absolute atomic E-state index is 0. The van der Waals surface area contributed by atoms with Crippen LogP contribution in [0.15, 0.2) is 24.3 Å². The van der Waals surface area contributed by atoms with Crippen molar-refractivity contribution in [3.63, 3.8) is 0 Å². The lowest BCUT2D eigenvalue weighted by Crippen LogP contribution is -2.30. The third-order valence-corrected chi connectivity index (χ3v) is 4.44. The number of aryl methyl sites for hydroxylation is 1. The summed E-state index contributed by atoms with van der Waals surface area (Å²) < 4.78 is 27.6. The first kappa shape index (κ1) is 20.1. The van der Waals surface area contributed by atoms with Crippen molar-refractivity contribution in [2.75, 3.05) is 18.0 Å². The highest BCUT2D eigenvalue weighted by Gasteiger charge is 2.19. The lowest BCUT2D eigenvalue weighted by atomic mass is 10.1. The first-order valence-electron chi connectivity index (χ1n) is 8.19. The van der Waals surface area contributed by atoms with Gasteiger partial charge in [0.15, 0.2) is 5.82 Å². The molecule has 1 aromatic carbocycles. The summed E-state index contributed by atoms with van der Waals surface area (Å²) in [5, 5.41) is 0. The Morgan fingerprint density at radius 1 is 1.04 bits per heavy atom. The summed E-state index contributed by atoms with van der Waals surface area (Å²) in [6, 6.07) is 5.21. The average Bonchev–Trinajstić information content (AvgIpc) is 3.00. The molecule has 2 aromatic heterocycles. The summed E-state index contributed by atoms with van der Waals surface area (Å²) in [5.74, 6) is 0.587. The number of anilines is 1. The number of benzene rings is 1. The van der Waals surface area contributed by atoms with Crippen molar-refractivity contribution in [2.24, 2.45) is 0 Å². The van der Waals surface area contributed by atoms with E-state index < -0.39 is 11.6 Å². The van der Waals surface area contributed by atoms with Gasteiger partial charge in [0.05, 0.1) is 11.2 Å². The molecule has 26 heavy (non-hydrogen) atoms.